The summed E-state index contributed by atoms with van der Waals surface area (Å²) in [5.41, 5.74) is 0.889. The average Bonchev–Trinajstić information content (AvgIpc) is 2.81. The second-order valence-electron chi connectivity index (χ2n) is 4.14. The van der Waals surface area contributed by atoms with Gasteiger partial charge in [0.1, 0.15) is 11.5 Å². The Morgan fingerprint density at radius 2 is 2.10 bits per heavy atom. The first-order chi connectivity index (χ1) is 9.56. The SMILES string of the molecule is CCNC(c1ccc(Cl)o1)c1cc(Cl)cc(Br)c1OC. The zero-order valence-corrected chi connectivity index (χ0v) is 14.1. The summed E-state index contributed by atoms with van der Waals surface area (Å²) in [6.07, 6.45) is 0. The molecule has 0 aliphatic rings. The minimum atomic E-state index is -0.183. The van der Waals surface area contributed by atoms with Crippen LogP contribution in [0.3, 0.4) is 0 Å². The number of furan rings is 1. The maximum Gasteiger partial charge on any atom is 0.193 e. The van der Waals surface area contributed by atoms with Gasteiger partial charge in [0.05, 0.1) is 17.6 Å². The number of hydrogen-bond acceptors (Lipinski definition) is 3. The molecule has 2 rings (SSSR count). The number of methoxy groups -OCH3 is 1. The van der Waals surface area contributed by atoms with Crippen LogP contribution in [0.25, 0.3) is 0 Å². The van der Waals surface area contributed by atoms with Crippen molar-refractivity contribution < 1.29 is 9.15 Å². The lowest BCUT2D eigenvalue weighted by molar-refractivity contribution is 0.392. The number of nitrogens with one attached hydrogen (secondary N) is 1. The summed E-state index contributed by atoms with van der Waals surface area (Å²) in [5.74, 6) is 1.43. The van der Waals surface area contributed by atoms with Crippen molar-refractivity contribution in [1.29, 1.82) is 0 Å². The van der Waals surface area contributed by atoms with Crippen molar-refractivity contribution in [3.8, 4) is 5.75 Å². The first-order valence-corrected chi connectivity index (χ1v) is 7.63. The average molecular weight is 379 g/mol. The Hall–Kier alpha value is -0.680. The molecule has 108 valence electrons. The van der Waals surface area contributed by atoms with Crippen molar-refractivity contribution >= 4 is 39.1 Å². The number of rotatable bonds is 5. The van der Waals surface area contributed by atoms with Gasteiger partial charge in [-0.3, -0.25) is 0 Å². The van der Waals surface area contributed by atoms with Crippen LogP contribution in [0.15, 0.2) is 33.2 Å². The Labute approximate surface area is 136 Å². The molecule has 0 saturated heterocycles. The minimum Gasteiger partial charge on any atom is -0.495 e. The van der Waals surface area contributed by atoms with Crippen molar-refractivity contribution in [2.75, 3.05) is 13.7 Å². The van der Waals surface area contributed by atoms with Gasteiger partial charge in [-0.25, -0.2) is 0 Å². The maximum atomic E-state index is 6.15. The fourth-order valence-electron chi connectivity index (χ4n) is 2.06. The molecule has 1 N–H and O–H groups in total. The Morgan fingerprint density at radius 1 is 1.35 bits per heavy atom. The van der Waals surface area contributed by atoms with Crippen LogP contribution in [0.1, 0.15) is 24.3 Å². The quantitative estimate of drug-likeness (QED) is 0.789. The normalized spacial score (nSPS) is 12.4. The van der Waals surface area contributed by atoms with E-state index in [9.17, 15) is 0 Å². The third-order valence-corrected chi connectivity index (χ3v) is 3.85. The predicted molar refractivity (Wildman–Crippen MR) is 84.9 cm³/mol. The molecule has 0 amide bonds. The molecule has 3 nitrogen and oxygen atoms in total. The smallest absolute Gasteiger partial charge is 0.193 e. The molecule has 1 aromatic heterocycles. The highest BCUT2D eigenvalue weighted by Gasteiger charge is 2.23. The zero-order chi connectivity index (χ0) is 14.7. The molecule has 2 aromatic rings. The van der Waals surface area contributed by atoms with Gasteiger partial charge in [-0.1, -0.05) is 18.5 Å². The van der Waals surface area contributed by atoms with Gasteiger partial charge in [0.2, 0.25) is 0 Å². The minimum absolute atomic E-state index is 0.183. The van der Waals surface area contributed by atoms with Crippen LogP contribution < -0.4 is 10.1 Å². The van der Waals surface area contributed by atoms with Crippen LogP contribution in [0.5, 0.6) is 5.75 Å². The van der Waals surface area contributed by atoms with Crippen LogP contribution in [-0.4, -0.2) is 13.7 Å². The molecule has 0 fully saturated rings. The van der Waals surface area contributed by atoms with Gasteiger partial charge in [-0.2, -0.15) is 0 Å². The molecule has 1 unspecified atom stereocenters. The monoisotopic (exact) mass is 377 g/mol. The van der Waals surface area contributed by atoms with E-state index in [-0.39, 0.29) is 6.04 Å². The Morgan fingerprint density at radius 3 is 2.65 bits per heavy atom. The van der Waals surface area contributed by atoms with Crippen LogP contribution in [0, 0.1) is 0 Å². The lowest BCUT2D eigenvalue weighted by atomic mass is 10.0. The Kier molecular flexibility index (Phi) is 5.38. The summed E-state index contributed by atoms with van der Waals surface area (Å²) in [6, 6.07) is 7.02. The molecule has 0 saturated carbocycles. The molecule has 20 heavy (non-hydrogen) atoms. The van der Waals surface area contributed by atoms with Crippen LogP contribution in [0.2, 0.25) is 10.2 Å². The van der Waals surface area contributed by atoms with Gasteiger partial charge in [-0.05, 0) is 58.3 Å². The van der Waals surface area contributed by atoms with Gasteiger partial charge in [0.25, 0.3) is 0 Å². The molecule has 1 aromatic carbocycles. The third kappa shape index (κ3) is 3.31. The highest BCUT2D eigenvalue weighted by Crippen LogP contribution is 2.38. The van der Waals surface area contributed by atoms with Crippen LogP contribution in [0.4, 0.5) is 0 Å². The van der Waals surface area contributed by atoms with Crippen molar-refractivity contribution in [3.63, 3.8) is 0 Å². The number of ether oxygens (including phenoxy) is 1. The number of hydrogen-bond donors (Lipinski definition) is 1. The zero-order valence-electron chi connectivity index (χ0n) is 11.0. The molecule has 1 heterocycles. The molecule has 0 radical (unpaired) electrons. The largest absolute Gasteiger partial charge is 0.495 e. The molecule has 0 bridgehead atoms. The first kappa shape index (κ1) is 15.7. The number of benzene rings is 1. The second kappa shape index (κ2) is 6.85. The van der Waals surface area contributed by atoms with Crippen LogP contribution in [-0.2, 0) is 0 Å². The molecular weight excluding hydrogens is 365 g/mol. The van der Waals surface area contributed by atoms with Gasteiger partial charge in [-0.15, -0.1) is 0 Å². The van der Waals surface area contributed by atoms with Crippen molar-refractivity contribution in [2.24, 2.45) is 0 Å². The summed E-state index contributed by atoms with van der Waals surface area (Å²) in [7, 11) is 1.62. The molecule has 1 atom stereocenters. The van der Waals surface area contributed by atoms with E-state index in [2.05, 4.69) is 21.2 Å². The van der Waals surface area contributed by atoms with Gasteiger partial charge >= 0.3 is 0 Å². The van der Waals surface area contributed by atoms with Gasteiger partial charge < -0.3 is 14.5 Å². The highest BCUT2D eigenvalue weighted by molar-refractivity contribution is 9.10. The van der Waals surface area contributed by atoms with E-state index in [1.807, 2.05) is 19.1 Å². The van der Waals surface area contributed by atoms with E-state index < -0.39 is 0 Å². The molecule has 6 heteroatoms. The van der Waals surface area contributed by atoms with Crippen molar-refractivity contribution in [2.45, 2.75) is 13.0 Å². The van der Waals surface area contributed by atoms with E-state index in [0.29, 0.717) is 21.8 Å². The van der Waals surface area contributed by atoms with Crippen LogP contribution >= 0.6 is 39.1 Å². The Balaban J connectivity index is 2.54. The molecular formula is C14H14BrCl2NO2. The second-order valence-corrected chi connectivity index (χ2v) is 5.81. The number of halogens is 3. The summed E-state index contributed by atoms with van der Waals surface area (Å²) in [4.78, 5) is 0. The summed E-state index contributed by atoms with van der Waals surface area (Å²) in [6.45, 7) is 2.78. The van der Waals surface area contributed by atoms with Gasteiger partial charge in [0.15, 0.2) is 5.22 Å². The van der Waals surface area contributed by atoms with E-state index in [4.69, 9.17) is 32.4 Å². The van der Waals surface area contributed by atoms with E-state index in [0.717, 1.165) is 16.6 Å². The molecule has 0 spiro atoms. The predicted octanol–water partition coefficient (Wildman–Crippen LogP) is 5.06. The summed E-state index contributed by atoms with van der Waals surface area (Å²) < 4.78 is 11.8. The molecule has 0 aliphatic carbocycles. The van der Waals surface area contributed by atoms with E-state index >= 15 is 0 Å². The highest BCUT2D eigenvalue weighted by atomic mass is 79.9. The fraction of sp³-hybridized carbons (Fsp3) is 0.286. The standard InChI is InChI=1S/C14H14BrCl2NO2/c1-3-18-13(11-4-5-12(17)20-11)9-6-8(16)7-10(15)14(9)19-2/h4-7,13,18H,3H2,1-2H3. The lowest BCUT2D eigenvalue weighted by Crippen LogP contribution is -2.22. The van der Waals surface area contributed by atoms with Crippen molar-refractivity contribution in [3.05, 3.63) is 50.3 Å². The third-order valence-electron chi connectivity index (χ3n) is 2.84. The maximum absolute atomic E-state index is 6.15. The van der Waals surface area contributed by atoms with Gasteiger partial charge in [0, 0.05) is 10.6 Å². The fourth-order valence-corrected chi connectivity index (χ4v) is 3.21. The summed E-state index contributed by atoms with van der Waals surface area (Å²) in [5, 5.41) is 4.31. The Bertz CT molecular complexity index is 601. The first-order valence-electron chi connectivity index (χ1n) is 6.08. The topological polar surface area (TPSA) is 34.4 Å². The summed E-state index contributed by atoms with van der Waals surface area (Å²) >= 11 is 15.5. The lowest BCUT2D eigenvalue weighted by Gasteiger charge is -2.20. The van der Waals surface area contributed by atoms with Crippen molar-refractivity contribution in [1.82, 2.24) is 5.32 Å². The van der Waals surface area contributed by atoms with E-state index in [1.165, 1.54) is 0 Å². The molecule has 0 aliphatic heterocycles. The van der Waals surface area contributed by atoms with E-state index in [1.54, 1.807) is 19.2 Å².